The van der Waals surface area contributed by atoms with E-state index in [0.717, 1.165) is 11.9 Å². The van der Waals surface area contributed by atoms with Gasteiger partial charge in [0.25, 0.3) is 0 Å². The summed E-state index contributed by atoms with van der Waals surface area (Å²) in [7, 11) is 0. The van der Waals surface area contributed by atoms with Gasteiger partial charge in [0.15, 0.2) is 0 Å². The summed E-state index contributed by atoms with van der Waals surface area (Å²) < 4.78 is 5.77. The van der Waals surface area contributed by atoms with E-state index in [1.54, 1.807) is 0 Å². The van der Waals surface area contributed by atoms with Gasteiger partial charge in [0, 0.05) is 47.1 Å². The molecular formula is C13H25NOS2. The second-order valence-electron chi connectivity index (χ2n) is 5.53. The van der Waals surface area contributed by atoms with Crippen molar-refractivity contribution in [3.05, 3.63) is 0 Å². The summed E-state index contributed by atoms with van der Waals surface area (Å²) in [5.41, 5.74) is 0.308. The van der Waals surface area contributed by atoms with E-state index in [1.165, 1.54) is 30.2 Å². The Bertz CT molecular complexity index is 242. The number of thioether (sulfide) groups is 2. The lowest BCUT2D eigenvalue weighted by Crippen LogP contribution is -2.61. The fourth-order valence-corrected chi connectivity index (χ4v) is 5.27. The summed E-state index contributed by atoms with van der Waals surface area (Å²) in [5, 5.41) is 4.57. The van der Waals surface area contributed by atoms with Crippen LogP contribution in [0, 0.1) is 5.41 Å². The van der Waals surface area contributed by atoms with Crippen LogP contribution in [0.3, 0.4) is 0 Å². The minimum Gasteiger partial charge on any atom is -0.378 e. The van der Waals surface area contributed by atoms with Crippen molar-refractivity contribution in [3.63, 3.8) is 0 Å². The average Bonchev–Trinajstić information content (AvgIpc) is 2.34. The third-order valence-corrected chi connectivity index (χ3v) is 6.87. The molecule has 3 unspecified atom stereocenters. The van der Waals surface area contributed by atoms with Crippen molar-refractivity contribution in [1.29, 1.82) is 0 Å². The van der Waals surface area contributed by atoms with Gasteiger partial charge in [-0.15, -0.1) is 0 Å². The van der Waals surface area contributed by atoms with E-state index in [0.29, 0.717) is 17.6 Å². The predicted molar refractivity (Wildman–Crippen MR) is 79.2 cm³/mol. The van der Waals surface area contributed by atoms with Crippen LogP contribution in [0.1, 0.15) is 27.2 Å². The standard InChI is InChI=1S/C13H25NOS2/c1-4-15-12-7-11(13(12,2)3)14-8-10-9-16-5-6-17-10/h10-12,14H,4-9H2,1-3H3. The highest BCUT2D eigenvalue weighted by molar-refractivity contribution is 8.06. The van der Waals surface area contributed by atoms with Crippen molar-refractivity contribution in [2.24, 2.45) is 5.41 Å². The Hall–Kier alpha value is 0.620. The van der Waals surface area contributed by atoms with Crippen LogP contribution in [0.15, 0.2) is 0 Å². The molecular weight excluding hydrogens is 250 g/mol. The zero-order chi connectivity index (χ0) is 12.3. The first-order valence-corrected chi connectivity index (χ1v) is 8.89. The van der Waals surface area contributed by atoms with Gasteiger partial charge >= 0.3 is 0 Å². The van der Waals surface area contributed by atoms with Gasteiger partial charge in [-0.2, -0.15) is 23.5 Å². The monoisotopic (exact) mass is 275 g/mol. The number of hydrogen-bond donors (Lipinski definition) is 1. The molecule has 100 valence electrons. The molecule has 17 heavy (non-hydrogen) atoms. The second-order valence-corrected chi connectivity index (χ2v) is 8.09. The molecule has 0 bridgehead atoms. The fourth-order valence-electron chi connectivity index (χ4n) is 2.64. The summed E-state index contributed by atoms with van der Waals surface area (Å²) in [4.78, 5) is 0. The van der Waals surface area contributed by atoms with E-state index in [1.807, 2.05) is 0 Å². The molecule has 1 saturated heterocycles. The van der Waals surface area contributed by atoms with Gasteiger partial charge in [-0.25, -0.2) is 0 Å². The lowest BCUT2D eigenvalue weighted by molar-refractivity contribution is -0.113. The molecule has 0 spiro atoms. The molecule has 1 N–H and O–H groups in total. The lowest BCUT2D eigenvalue weighted by Gasteiger charge is -2.52. The highest BCUT2D eigenvalue weighted by Gasteiger charge is 2.48. The first kappa shape index (κ1) is 14.0. The molecule has 0 aromatic rings. The highest BCUT2D eigenvalue weighted by atomic mass is 32.2. The highest BCUT2D eigenvalue weighted by Crippen LogP contribution is 2.42. The van der Waals surface area contributed by atoms with Crippen LogP contribution in [-0.2, 0) is 4.74 Å². The van der Waals surface area contributed by atoms with E-state index in [9.17, 15) is 0 Å². The van der Waals surface area contributed by atoms with Gasteiger partial charge in [-0.1, -0.05) is 13.8 Å². The predicted octanol–water partition coefficient (Wildman–Crippen LogP) is 2.63. The smallest absolute Gasteiger partial charge is 0.0655 e. The molecule has 0 radical (unpaired) electrons. The van der Waals surface area contributed by atoms with Crippen molar-refractivity contribution in [1.82, 2.24) is 5.32 Å². The summed E-state index contributed by atoms with van der Waals surface area (Å²) >= 11 is 4.24. The first-order valence-electron chi connectivity index (χ1n) is 6.69. The van der Waals surface area contributed by atoms with Crippen LogP contribution in [0.2, 0.25) is 0 Å². The Labute approximate surface area is 114 Å². The maximum Gasteiger partial charge on any atom is 0.0655 e. The third-order valence-electron chi connectivity index (χ3n) is 4.02. The number of ether oxygens (including phenoxy) is 1. The largest absolute Gasteiger partial charge is 0.378 e. The summed E-state index contributed by atoms with van der Waals surface area (Å²) in [6, 6.07) is 0.645. The van der Waals surface area contributed by atoms with Crippen molar-refractivity contribution >= 4 is 23.5 Å². The zero-order valence-corrected chi connectivity index (χ0v) is 12.8. The Balaban J connectivity index is 1.70. The fraction of sp³-hybridized carbons (Fsp3) is 1.00. The molecule has 1 saturated carbocycles. The van der Waals surface area contributed by atoms with Crippen molar-refractivity contribution in [2.75, 3.05) is 30.4 Å². The molecule has 1 aliphatic heterocycles. The minimum absolute atomic E-state index is 0.308. The summed E-state index contributed by atoms with van der Waals surface area (Å²) in [6.07, 6.45) is 1.64. The van der Waals surface area contributed by atoms with Gasteiger partial charge < -0.3 is 10.1 Å². The maximum absolute atomic E-state index is 5.77. The van der Waals surface area contributed by atoms with Crippen LogP contribution in [0.4, 0.5) is 0 Å². The van der Waals surface area contributed by atoms with Crippen LogP contribution in [0.5, 0.6) is 0 Å². The average molecular weight is 275 g/mol. The lowest BCUT2D eigenvalue weighted by atomic mass is 9.64. The Morgan fingerprint density at radius 1 is 1.35 bits per heavy atom. The van der Waals surface area contributed by atoms with Crippen molar-refractivity contribution in [3.8, 4) is 0 Å². The molecule has 0 aromatic carbocycles. The van der Waals surface area contributed by atoms with E-state index >= 15 is 0 Å². The van der Waals surface area contributed by atoms with E-state index in [2.05, 4.69) is 49.6 Å². The van der Waals surface area contributed by atoms with Gasteiger partial charge in [-0.05, 0) is 13.3 Å². The number of nitrogens with one attached hydrogen (secondary N) is 1. The second kappa shape index (κ2) is 6.18. The molecule has 1 aliphatic carbocycles. The molecule has 1 heterocycles. The van der Waals surface area contributed by atoms with Crippen LogP contribution >= 0.6 is 23.5 Å². The minimum atomic E-state index is 0.308. The third kappa shape index (κ3) is 3.34. The topological polar surface area (TPSA) is 21.3 Å². The molecule has 0 amide bonds. The molecule has 2 nitrogen and oxygen atoms in total. The van der Waals surface area contributed by atoms with Gasteiger partial charge in [0.2, 0.25) is 0 Å². The van der Waals surface area contributed by atoms with Crippen LogP contribution < -0.4 is 5.32 Å². The summed E-state index contributed by atoms with van der Waals surface area (Å²) in [5.74, 6) is 3.98. The molecule has 0 aromatic heterocycles. The van der Waals surface area contributed by atoms with E-state index in [4.69, 9.17) is 4.74 Å². The Morgan fingerprint density at radius 2 is 2.18 bits per heavy atom. The zero-order valence-electron chi connectivity index (χ0n) is 11.2. The Kier molecular flexibility index (Phi) is 5.10. The first-order chi connectivity index (χ1) is 8.14. The quantitative estimate of drug-likeness (QED) is 0.832. The molecule has 2 fully saturated rings. The van der Waals surface area contributed by atoms with Crippen molar-refractivity contribution in [2.45, 2.75) is 44.6 Å². The Morgan fingerprint density at radius 3 is 2.76 bits per heavy atom. The SMILES string of the molecule is CCOC1CC(NCC2CSCCS2)C1(C)C. The van der Waals surface area contributed by atoms with Gasteiger partial charge in [0.05, 0.1) is 6.10 Å². The molecule has 2 aliphatic rings. The number of hydrogen-bond acceptors (Lipinski definition) is 4. The molecule has 4 heteroatoms. The van der Waals surface area contributed by atoms with Gasteiger partial charge in [-0.3, -0.25) is 0 Å². The maximum atomic E-state index is 5.77. The van der Waals surface area contributed by atoms with Crippen LogP contribution in [0.25, 0.3) is 0 Å². The van der Waals surface area contributed by atoms with Gasteiger partial charge in [0.1, 0.15) is 0 Å². The number of rotatable bonds is 5. The molecule has 3 atom stereocenters. The summed E-state index contributed by atoms with van der Waals surface area (Å²) in [6.45, 7) is 8.77. The van der Waals surface area contributed by atoms with E-state index in [-0.39, 0.29) is 0 Å². The van der Waals surface area contributed by atoms with Crippen LogP contribution in [-0.4, -0.2) is 47.8 Å². The molecule has 2 rings (SSSR count). The normalized spacial score (nSPS) is 36.5. The van der Waals surface area contributed by atoms with E-state index < -0.39 is 0 Å². The van der Waals surface area contributed by atoms with Crippen molar-refractivity contribution < 1.29 is 4.74 Å².